The first-order valence-corrected chi connectivity index (χ1v) is 9.23. The Morgan fingerprint density at radius 2 is 2.17 bits per heavy atom. The van der Waals surface area contributed by atoms with Crippen LogP contribution >= 0.6 is 0 Å². The summed E-state index contributed by atoms with van der Waals surface area (Å²) < 4.78 is 7.85. The van der Waals surface area contributed by atoms with Crippen molar-refractivity contribution in [3.05, 3.63) is 17.5 Å². The minimum absolute atomic E-state index is 0.0413. The van der Waals surface area contributed by atoms with Crippen LogP contribution in [-0.2, 0) is 16.1 Å². The summed E-state index contributed by atoms with van der Waals surface area (Å²) in [5.74, 6) is 0.997. The third-order valence-corrected chi connectivity index (χ3v) is 5.20. The third kappa shape index (κ3) is 4.57. The normalized spacial score (nSPS) is 22.8. The zero-order valence-corrected chi connectivity index (χ0v) is 15.0. The Kier molecular flexibility index (Phi) is 5.89. The van der Waals surface area contributed by atoms with Gasteiger partial charge < -0.3 is 15.0 Å². The second kappa shape index (κ2) is 8.12. The molecule has 1 unspecified atom stereocenters. The number of aryl methyl sites for hydroxylation is 2. The molecule has 1 N–H and O–H groups in total. The van der Waals surface area contributed by atoms with Gasteiger partial charge in [-0.15, -0.1) is 0 Å². The van der Waals surface area contributed by atoms with Gasteiger partial charge in [0.25, 0.3) is 0 Å². The summed E-state index contributed by atoms with van der Waals surface area (Å²) in [6.45, 7) is 9.01. The lowest BCUT2D eigenvalue weighted by molar-refractivity contribution is -0.139. The first-order valence-electron chi connectivity index (χ1n) is 9.23. The molecule has 6 heteroatoms. The van der Waals surface area contributed by atoms with Crippen LogP contribution in [0, 0.1) is 19.8 Å². The number of nitrogens with one attached hydrogen (secondary N) is 1. The van der Waals surface area contributed by atoms with E-state index in [1.54, 1.807) is 0 Å². The Morgan fingerprint density at radius 3 is 2.88 bits per heavy atom. The molecule has 1 aromatic rings. The van der Waals surface area contributed by atoms with Gasteiger partial charge in [0, 0.05) is 25.2 Å². The summed E-state index contributed by atoms with van der Waals surface area (Å²) >= 11 is 0. The highest BCUT2D eigenvalue weighted by molar-refractivity contribution is 5.76. The molecule has 1 atom stereocenters. The number of morpholine rings is 1. The van der Waals surface area contributed by atoms with Crippen molar-refractivity contribution in [2.75, 3.05) is 32.8 Å². The van der Waals surface area contributed by atoms with Crippen molar-refractivity contribution in [2.45, 2.75) is 52.2 Å². The van der Waals surface area contributed by atoms with E-state index in [0.29, 0.717) is 25.5 Å². The topological polar surface area (TPSA) is 59.4 Å². The van der Waals surface area contributed by atoms with Gasteiger partial charge in [-0.25, -0.2) is 0 Å². The monoisotopic (exact) mass is 334 g/mol. The van der Waals surface area contributed by atoms with Crippen LogP contribution in [0.3, 0.4) is 0 Å². The van der Waals surface area contributed by atoms with E-state index in [1.807, 2.05) is 16.5 Å². The highest BCUT2D eigenvalue weighted by Gasteiger charge is 2.25. The van der Waals surface area contributed by atoms with E-state index in [0.717, 1.165) is 44.0 Å². The van der Waals surface area contributed by atoms with Crippen molar-refractivity contribution in [3.63, 3.8) is 0 Å². The van der Waals surface area contributed by atoms with Crippen molar-refractivity contribution in [2.24, 2.45) is 5.92 Å². The fourth-order valence-electron chi connectivity index (χ4n) is 3.77. The Bertz CT molecular complexity index is 551. The van der Waals surface area contributed by atoms with Crippen LogP contribution < -0.4 is 5.32 Å². The minimum Gasteiger partial charge on any atom is -0.373 e. The number of piperidine rings is 1. The molecule has 0 bridgehead atoms. The minimum atomic E-state index is 0.0413. The largest absolute Gasteiger partial charge is 0.373 e. The summed E-state index contributed by atoms with van der Waals surface area (Å²) in [5.41, 5.74) is 2.17. The van der Waals surface area contributed by atoms with Gasteiger partial charge in [0.1, 0.15) is 0 Å². The fourth-order valence-corrected chi connectivity index (χ4v) is 3.77. The number of aromatic nitrogens is 2. The lowest BCUT2D eigenvalue weighted by atomic mass is 9.93. The van der Waals surface area contributed by atoms with Crippen LogP contribution in [-0.4, -0.2) is 59.5 Å². The van der Waals surface area contributed by atoms with Gasteiger partial charge in [-0.3, -0.25) is 9.48 Å². The Labute approximate surface area is 144 Å². The second-order valence-corrected chi connectivity index (χ2v) is 7.17. The predicted octanol–water partition coefficient (Wildman–Crippen LogP) is 1.51. The number of nitrogens with zero attached hydrogens (tertiary/aromatic N) is 3. The molecule has 0 aliphatic carbocycles. The van der Waals surface area contributed by atoms with Crippen LogP contribution in [0.25, 0.3) is 0 Å². The first-order chi connectivity index (χ1) is 11.6. The summed E-state index contributed by atoms with van der Waals surface area (Å²) in [5, 5.41) is 7.88. The van der Waals surface area contributed by atoms with E-state index in [9.17, 15) is 4.79 Å². The van der Waals surface area contributed by atoms with Gasteiger partial charge in [-0.2, -0.15) is 5.10 Å². The molecule has 6 nitrogen and oxygen atoms in total. The van der Waals surface area contributed by atoms with Gasteiger partial charge in [0.05, 0.1) is 24.9 Å². The molecule has 2 fully saturated rings. The Balaban J connectivity index is 1.47. The third-order valence-electron chi connectivity index (χ3n) is 5.20. The Hall–Kier alpha value is -1.40. The number of hydrogen-bond acceptors (Lipinski definition) is 4. The maximum atomic E-state index is 12.5. The first kappa shape index (κ1) is 17.4. The molecule has 0 aromatic carbocycles. The standard InChI is InChI=1S/C18H30N4O2/c1-14-11-15(2)22(20-14)13-17-12-21(9-10-24-17)18(23)4-3-16-5-7-19-8-6-16/h11,16-17,19H,3-10,12-13H2,1-2H3. The van der Waals surface area contributed by atoms with Crippen LogP contribution in [0.4, 0.5) is 0 Å². The van der Waals surface area contributed by atoms with Crippen LogP contribution in [0.5, 0.6) is 0 Å². The smallest absolute Gasteiger partial charge is 0.222 e. The zero-order chi connectivity index (χ0) is 16.9. The quantitative estimate of drug-likeness (QED) is 0.887. The van der Waals surface area contributed by atoms with E-state index >= 15 is 0 Å². The van der Waals surface area contributed by atoms with Gasteiger partial charge in [-0.05, 0) is 58.2 Å². The molecular formula is C18H30N4O2. The van der Waals surface area contributed by atoms with Crippen LogP contribution in [0.2, 0.25) is 0 Å². The molecule has 134 valence electrons. The number of ether oxygens (including phenoxy) is 1. The van der Waals surface area contributed by atoms with Crippen molar-refractivity contribution in [1.82, 2.24) is 20.0 Å². The van der Waals surface area contributed by atoms with E-state index < -0.39 is 0 Å². The summed E-state index contributed by atoms with van der Waals surface area (Å²) in [6.07, 6.45) is 4.16. The zero-order valence-electron chi connectivity index (χ0n) is 15.0. The molecule has 24 heavy (non-hydrogen) atoms. The maximum absolute atomic E-state index is 12.5. The second-order valence-electron chi connectivity index (χ2n) is 7.17. The average Bonchev–Trinajstić information content (AvgIpc) is 2.91. The number of hydrogen-bond donors (Lipinski definition) is 1. The van der Waals surface area contributed by atoms with Crippen molar-refractivity contribution < 1.29 is 9.53 Å². The number of amides is 1. The molecule has 0 radical (unpaired) electrons. The van der Waals surface area contributed by atoms with Gasteiger partial charge in [0.15, 0.2) is 0 Å². The molecule has 0 spiro atoms. The summed E-state index contributed by atoms with van der Waals surface area (Å²) in [4.78, 5) is 14.5. The van der Waals surface area contributed by atoms with Gasteiger partial charge in [-0.1, -0.05) is 0 Å². The van der Waals surface area contributed by atoms with Crippen LogP contribution in [0.15, 0.2) is 6.07 Å². The predicted molar refractivity (Wildman–Crippen MR) is 92.8 cm³/mol. The van der Waals surface area contributed by atoms with Gasteiger partial charge in [0.2, 0.25) is 5.91 Å². The highest BCUT2D eigenvalue weighted by Crippen LogP contribution is 2.19. The molecule has 2 aliphatic rings. The highest BCUT2D eigenvalue weighted by atomic mass is 16.5. The average molecular weight is 334 g/mol. The van der Waals surface area contributed by atoms with Crippen LogP contribution in [0.1, 0.15) is 37.1 Å². The SMILES string of the molecule is Cc1cc(C)n(CC2CN(C(=O)CCC3CCNCC3)CCO2)n1. The molecule has 1 aromatic heterocycles. The van der Waals surface area contributed by atoms with Crippen molar-refractivity contribution in [3.8, 4) is 0 Å². The molecular weight excluding hydrogens is 304 g/mol. The maximum Gasteiger partial charge on any atom is 0.222 e. The number of carbonyl (C=O) groups excluding carboxylic acids is 1. The molecule has 2 aliphatic heterocycles. The Morgan fingerprint density at radius 1 is 1.38 bits per heavy atom. The van der Waals surface area contributed by atoms with E-state index in [-0.39, 0.29) is 12.0 Å². The molecule has 3 heterocycles. The lowest BCUT2D eigenvalue weighted by Gasteiger charge is -2.33. The van der Waals surface area contributed by atoms with Gasteiger partial charge >= 0.3 is 0 Å². The van der Waals surface area contributed by atoms with E-state index in [1.165, 1.54) is 12.8 Å². The number of rotatable bonds is 5. The molecule has 1 amide bonds. The number of carbonyl (C=O) groups is 1. The molecule has 2 saturated heterocycles. The summed E-state index contributed by atoms with van der Waals surface area (Å²) in [7, 11) is 0. The molecule has 3 rings (SSSR count). The summed E-state index contributed by atoms with van der Waals surface area (Å²) in [6, 6.07) is 2.07. The fraction of sp³-hybridized carbons (Fsp3) is 0.778. The van der Waals surface area contributed by atoms with E-state index in [2.05, 4.69) is 23.4 Å². The van der Waals surface area contributed by atoms with Crippen molar-refractivity contribution in [1.29, 1.82) is 0 Å². The lowest BCUT2D eigenvalue weighted by Crippen LogP contribution is -2.47. The molecule has 0 saturated carbocycles. The van der Waals surface area contributed by atoms with Crippen molar-refractivity contribution >= 4 is 5.91 Å². The van der Waals surface area contributed by atoms with E-state index in [4.69, 9.17) is 4.74 Å².